The molecule has 1 atom stereocenters. The van der Waals surface area contributed by atoms with Crippen molar-refractivity contribution in [1.82, 2.24) is 14.7 Å². The standard InChI is InChI=1S/C21H24N4O3S/c1-2-28-19-10-11-20(18-9-4-3-8-17(18)19)29(26,27)24-16-7-5-14-25(15-16)21-22-12-6-13-23-21/h3-4,6,8-13,16,24H,2,5,7,14-15H2,1H3. The monoisotopic (exact) mass is 412 g/mol. The molecule has 0 saturated carbocycles. The lowest BCUT2D eigenvalue weighted by molar-refractivity contribution is 0.344. The van der Waals surface area contributed by atoms with E-state index in [-0.39, 0.29) is 10.9 Å². The number of hydrogen-bond donors (Lipinski definition) is 1. The van der Waals surface area contributed by atoms with Gasteiger partial charge in [-0.2, -0.15) is 0 Å². The molecular weight excluding hydrogens is 388 g/mol. The summed E-state index contributed by atoms with van der Waals surface area (Å²) < 4.78 is 35.0. The quantitative estimate of drug-likeness (QED) is 0.670. The number of ether oxygens (including phenoxy) is 1. The normalized spacial score (nSPS) is 17.4. The van der Waals surface area contributed by atoms with E-state index in [1.54, 1.807) is 30.6 Å². The van der Waals surface area contributed by atoms with Crippen LogP contribution in [0.3, 0.4) is 0 Å². The van der Waals surface area contributed by atoms with Gasteiger partial charge < -0.3 is 9.64 Å². The number of fused-ring (bicyclic) bond motifs is 1. The first-order valence-corrected chi connectivity index (χ1v) is 11.3. The average molecular weight is 413 g/mol. The van der Waals surface area contributed by atoms with Gasteiger partial charge in [0.2, 0.25) is 16.0 Å². The Kier molecular flexibility index (Phi) is 5.64. The Bertz CT molecular complexity index is 1090. The molecule has 0 aliphatic carbocycles. The lowest BCUT2D eigenvalue weighted by atomic mass is 10.1. The van der Waals surface area contributed by atoms with Gasteiger partial charge in [0, 0.05) is 42.3 Å². The highest BCUT2D eigenvalue weighted by molar-refractivity contribution is 7.89. The third-order valence-corrected chi connectivity index (χ3v) is 6.59. The summed E-state index contributed by atoms with van der Waals surface area (Å²) in [5, 5.41) is 1.45. The summed E-state index contributed by atoms with van der Waals surface area (Å²) in [6, 6.07) is 12.3. The highest BCUT2D eigenvalue weighted by Crippen LogP contribution is 2.31. The summed E-state index contributed by atoms with van der Waals surface area (Å²) in [4.78, 5) is 10.9. The van der Waals surface area contributed by atoms with Crippen LogP contribution in [0.25, 0.3) is 10.8 Å². The average Bonchev–Trinajstić information content (AvgIpc) is 2.74. The number of sulfonamides is 1. The molecule has 1 fully saturated rings. The summed E-state index contributed by atoms with van der Waals surface area (Å²) in [6.07, 6.45) is 5.04. The molecule has 1 aromatic heterocycles. The Morgan fingerprint density at radius 1 is 1.10 bits per heavy atom. The van der Waals surface area contributed by atoms with Crippen molar-refractivity contribution in [3.05, 3.63) is 54.9 Å². The molecule has 7 nitrogen and oxygen atoms in total. The van der Waals surface area contributed by atoms with Gasteiger partial charge in [-0.15, -0.1) is 0 Å². The SMILES string of the molecule is CCOc1ccc(S(=O)(=O)NC2CCCN(c3ncccn3)C2)c2ccccc12. The molecule has 4 rings (SSSR count). The van der Waals surface area contributed by atoms with Gasteiger partial charge in [0.1, 0.15) is 5.75 Å². The zero-order valence-corrected chi connectivity index (χ0v) is 17.1. The molecule has 152 valence electrons. The molecule has 2 heterocycles. The largest absolute Gasteiger partial charge is 0.493 e. The highest BCUT2D eigenvalue weighted by atomic mass is 32.2. The Morgan fingerprint density at radius 3 is 2.62 bits per heavy atom. The maximum Gasteiger partial charge on any atom is 0.241 e. The maximum atomic E-state index is 13.2. The van der Waals surface area contributed by atoms with E-state index in [0.29, 0.717) is 30.2 Å². The fourth-order valence-corrected chi connectivity index (χ4v) is 5.22. The van der Waals surface area contributed by atoms with Crippen molar-refractivity contribution < 1.29 is 13.2 Å². The predicted octanol–water partition coefficient (Wildman–Crippen LogP) is 2.98. The second-order valence-corrected chi connectivity index (χ2v) is 8.68. The maximum absolute atomic E-state index is 13.2. The van der Waals surface area contributed by atoms with Crippen LogP contribution in [0.4, 0.5) is 5.95 Å². The van der Waals surface area contributed by atoms with E-state index < -0.39 is 10.0 Å². The summed E-state index contributed by atoms with van der Waals surface area (Å²) in [5.74, 6) is 1.31. The summed E-state index contributed by atoms with van der Waals surface area (Å²) in [7, 11) is -3.70. The van der Waals surface area contributed by atoms with Gasteiger partial charge in [-0.3, -0.25) is 0 Å². The Morgan fingerprint density at radius 2 is 1.86 bits per heavy atom. The molecule has 8 heteroatoms. The third kappa shape index (κ3) is 4.18. The van der Waals surface area contributed by atoms with Crippen LogP contribution in [0.2, 0.25) is 0 Å². The molecule has 1 aliphatic rings. The topological polar surface area (TPSA) is 84.4 Å². The van der Waals surface area contributed by atoms with E-state index in [1.165, 1.54) is 0 Å². The van der Waals surface area contributed by atoms with Gasteiger partial charge in [0.05, 0.1) is 11.5 Å². The van der Waals surface area contributed by atoms with Gasteiger partial charge >= 0.3 is 0 Å². The number of anilines is 1. The van der Waals surface area contributed by atoms with Crippen molar-refractivity contribution in [3.8, 4) is 5.75 Å². The molecule has 0 bridgehead atoms. The third-order valence-electron chi connectivity index (χ3n) is 5.01. The van der Waals surface area contributed by atoms with E-state index >= 15 is 0 Å². The lowest BCUT2D eigenvalue weighted by Gasteiger charge is -2.33. The number of rotatable bonds is 6. The zero-order valence-electron chi connectivity index (χ0n) is 16.3. The van der Waals surface area contributed by atoms with Crippen LogP contribution in [0.5, 0.6) is 5.75 Å². The van der Waals surface area contributed by atoms with Crippen LogP contribution >= 0.6 is 0 Å². The van der Waals surface area contributed by atoms with Gasteiger partial charge in [0.25, 0.3) is 0 Å². The van der Waals surface area contributed by atoms with Crippen LogP contribution in [-0.2, 0) is 10.0 Å². The van der Waals surface area contributed by atoms with E-state index in [0.717, 1.165) is 24.8 Å². The first-order valence-electron chi connectivity index (χ1n) is 9.77. The first kappa shape index (κ1) is 19.6. The van der Waals surface area contributed by atoms with Gasteiger partial charge in [-0.25, -0.2) is 23.1 Å². The van der Waals surface area contributed by atoms with Crippen LogP contribution in [0.15, 0.2) is 59.8 Å². The minimum Gasteiger partial charge on any atom is -0.493 e. The number of nitrogens with zero attached hydrogens (tertiary/aromatic N) is 3. The van der Waals surface area contributed by atoms with Gasteiger partial charge in [0.15, 0.2) is 0 Å². The van der Waals surface area contributed by atoms with Gasteiger partial charge in [-0.05, 0) is 38.0 Å². The fraction of sp³-hybridized carbons (Fsp3) is 0.333. The molecule has 2 aromatic carbocycles. The van der Waals surface area contributed by atoms with Crippen LogP contribution in [0.1, 0.15) is 19.8 Å². The molecular formula is C21H24N4O3S. The number of piperidine rings is 1. The van der Waals surface area contributed by atoms with Crippen molar-refractivity contribution in [2.75, 3.05) is 24.6 Å². The number of aromatic nitrogens is 2. The van der Waals surface area contributed by atoms with Crippen molar-refractivity contribution in [1.29, 1.82) is 0 Å². The number of nitrogens with one attached hydrogen (secondary N) is 1. The molecule has 29 heavy (non-hydrogen) atoms. The first-order chi connectivity index (χ1) is 14.1. The van der Waals surface area contributed by atoms with Gasteiger partial charge in [-0.1, -0.05) is 24.3 Å². The Balaban J connectivity index is 1.60. The van der Waals surface area contributed by atoms with Crippen molar-refractivity contribution in [3.63, 3.8) is 0 Å². The lowest BCUT2D eigenvalue weighted by Crippen LogP contribution is -2.48. The zero-order chi connectivity index (χ0) is 20.3. The molecule has 1 unspecified atom stereocenters. The fourth-order valence-electron chi connectivity index (χ4n) is 3.75. The predicted molar refractivity (Wildman–Crippen MR) is 113 cm³/mol. The van der Waals surface area contributed by atoms with Crippen LogP contribution < -0.4 is 14.4 Å². The molecule has 0 amide bonds. The summed E-state index contributed by atoms with van der Waals surface area (Å²) in [5.41, 5.74) is 0. The second kappa shape index (κ2) is 8.34. The summed E-state index contributed by atoms with van der Waals surface area (Å²) in [6.45, 7) is 3.78. The molecule has 3 aromatic rings. The molecule has 1 aliphatic heterocycles. The minimum absolute atomic E-state index is 0.206. The number of benzene rings is 2. The molecule has 1 saturated heterocycles. The van der Waals surface area contributed by atoms with E-state index in [4.69, 9.17) is 4.74 Å². The molecule has 0 radical (unpaired) electrons. The second-order valence-electron chi connectivity index (χ2n) is 7.00. The Hall–Kier alpha value is -2.71. The molecule has 1 N–H and O–H groups in total. The van der Waals surface area contributed by atoms with E-state index in [2.05, 4.69) is 14.7 Å². The van der Waals surface area contributed by atoms with E-state index in [9.17, 15) is 8.42 Å². The van der Waals surface area contributed by atoms with Crippen molar-refractivity contribution in [2.45, 2.75) is 30.7 Å². The number of hydrogen-bond acceptors (Lipinski definition) is 6. The Labute approximate surface area is 170 Å². The minimum atomic E-state index is -3.70. The molecule has 0 spiro atoms. The van der Waals surface area contributed by atoms with Crippen molar-refractivity contribution >= 4 is 26.7 Å². The van der Waals surface area contributed by atoms with Crippen molar-refractivity contribution in [2.24, 2.45) is 0 Å². The summed E-state index contributed by atoms with van der Waals surface area (Å²) >= 11 is 0. The van der Waals surface area contributed by atoms with E-state index in [1.807, 2.05) is 36.1 Å². The van der Waals surface area contributed by atoms with Crippen LogP contribution in [-0.4, -0.2) is 44.1 Å². The smallest absolute Gasteiger partial charge is 0.241 e. The highest BCUT2D eigenvalue weighted by Gasteiger charge is 2.27. The van der Waals surface area contributed by atoms with Crippen LogP contribution in [0, 0.1) is 0 Å².